The normalized spacial score (nSPS) is 25.4. The van der Waals surface area contributed by atoms with Crippen LogP contribution in [-0.4, -0.2) is 5.78 Å². The van der Waals surface area contributed by atoms with Crippen LogP contribution in [0.1, 0.15) is 13.8 Å². The first-order valence-electron chi connectivity index (χ1n) is 3.59. The smallest absolute Gasteiger partial charge is 0.167 e. The number of ketones is 1. The van der Waals surface area contributed by atoms with Crippen LogP contribution in [0.5, 0.6) is 0 Å². The SMILES string of the molecule is [CH2]C1=C(Br)C(C)C(=O)C(C)=C1Br. The molecule has 0 fully saturated rings. The fraction of sp³-hybridized carbons (Fsp3) is 0.333. The van der Waals surface area contributed by atoms with Crippen molar-refractivity contribution in [2.24, 2.45) is 5.92 Å². The molecular weight excluding hydrogens is 284 g/mol. The molecule has 0 amide bonds. The van der Waals surface area contributed by atoms with Crippen LogP contribution in [0, 0.1) is 12.8 Å². The molecule has 0 spiro atoms. The lowest BCUT2D eigenvalue weighted by atomic mass is 9.92. The molecule has 0 saturated heterocycles. The van der Waals surface area contributed by atoms with Crippen molar-refractivity contribution in [2.75, 3.05) is 0 Å². The van der Waals surface area contributed by atoms with Crippen molar-refractivity contribution in [3.05, 3.63) is 27.0 Å². The number of hydrogen-bond acceptors (Lipinski definition) is 1. The van der Waals surface area contributed by atoms with E-state index in [0.29, 0.717) is 0 Å². The highest BCUT2D eigenvalue weighted by Gasteiger charge is 2.26. The molecular formula is C9H9Br2O. The zero-order valence-electron chi connectivity index (χ0n) is 6.95. The summed E-state index contributed by atoms with van der Waals surface area (Å²) in [4.78, 5) is 11.5. The maximum absolute atomic E-state index is 11.5. The van der Waals surface area contributed by atoms with Gasteiger partial charge in [0.25, 0.3) is 0 Å². The highest BCUT2D eigenvalue weighted by Crippen LogP contribution is 2.37. The Morgan fingerprint density at radius 1 is 1.42 bits per heavy atom. The van der Waals surface area contributed by atoms with Gasteiger partial charge in [-0.05, 0) is 19.4 Å². The molecule has 65 valence electrons. The Labute approximate surface area is 89.2 Å². The number of carbonyl (C=O) groups is 1. The molecule has 1 nitrogen and oxygen atoms in total. The van der Waals surface area contributed by atoms with Gasteiger partial charge in [0, 0.05) is 14.5 Å². The second-order valence-electron chi connectivity index (χ2n) is 2.85. The van der Waals surface area contributed by atoms with Gasteiger partial charge in [-0.3, -0.25) is 4.79 Å². The van der Waals surface area contributed by atoms with Gasteiger partial charge >= 0.3 is 0 Å². The fourth-order valence-electron chi connectivity index (χ4n) is 1.14. The van der Waals surface area contributed by atoms with Gasteiger partial charge < -0.3 is 0 Å². The van der Waals surface area contributed by atoms with E-state index in [2.05, 4.69) is 38.8 Å². The first-order valence-corrected chi connectivity index (χ1v) is 5.18. The number of Topliss-reactive ketones (excluding diaryl/α,β-unsaturated/α-hetero) is 1. The molecule has 0 aliphatic heterocycles. The van der Waals surface area contributed by atoms with Gasteiger partial charge in [0.2, 0.25) is 0 Å². The van der Waals surface area contributed by atoms with Gasteiger partial charge in [0.1, 0.15) is 0 Å². The van der Waals surface area contributed by atoms with Crippen LogP contribution < -0.4 is 0 Å². The molecule has 0 bridgehead atoms. The molecule has 0 heterocycles. The van der Waals surface area contributed by atoms with Crippen molar-refractivity contribution in [1.82, 2.24) is 0 Å². The van der Waals surface area contributed by atoms with E-state index in [1.807, 2.05) is 13.8 Å². The molecule has 1 unspecified atom stereocenters. The Balaban J connectivity index is 3.27. The third kappa shape index (κ3) is 1.44. The first kappa shape index (κ1) is 10.2. The van der Waals surface area contributed by atoms with E-state index >= 15 is 0 Å². The monoisotopic (exact) mass is 291 g/mol. The Kier molecular flexibility index (Phi) is 2.94. The summed E-state index contributed by atoms with van der Waals surface area (Å²) in [5.41, 5.74) is 1.63. The first-order chi connectivity index (χ1) is 5.46. The highest BCUT2D eigenvalue weighted by atomic mass is 79.9. The van der Waals surface area contributed by atoms with Gasteiger partial charge in [-0.2, -0.15) is 0 Å². The lowest BCUT2D eigenvalue weighted by molar-refractivity contribution is -0.117. The number of rotatable bonds is 0. The van der Waals surface area contributed by atoms with Gasteiger partial charge in [-0.1, -0.05) is 38.8 Å². The van der Waals surface area contributed by atoms with Crippen LogP contribution in [-0.2, 0) is 4.79 Å². The van der Waals surface area contributed by atoms with Crippen molar-refractivity contribution in [3.63, 3.8) is 0 Å². The van der Waals surface area contributed by atoms with Crippen LogP contribution >= 0.6 is 31.9 Å². The Bertz CT molecular complexity index is 300. The average Bonchev–Trinajstić information content (AvgIpc) is 2.08. The summed E-state index contributed by atoms with van der Waals surface area (Å²) < 4.78 is 1.70. The zero-order valence-corrected chi connectivity index (χ0v) is 10.1. The zero-order chi connectivity index (χ0) is 9.46. The number of allylic oxidation sites excluding steroid dienone is 4. The number of carbonyl (C=O) groups excluding carboxylic acids is 1. The summed E-state index contributed by atoms with van der Waals surface area (Å²) in [5.74, 6) is 0.0694. The van der Waals surface area contributed by atoms with Crippen molar-refractivity contribution in [3.8, 4) is 0 Å². The molecule has 12 heavy (non-hydrogen) atoms. The van der Waals surface area contributed by atoms with Crippen molar-refractivity contribution in [2.45, 2.75) is 13.8 Å². The third-order valence-corrected chi connectivity index (χ3v) is 4.26. The largest absolute Gasteiger partial charge is 0.294 e. The van der Waals surface area contributed by atoms with Crippen LogP contribution in [0.2, 0.25) is 0 Å². The van der Waals surface area contributed by atoms with Gasteiger partial charge in [0.15, 0.2) is 5.78 Å². The Morgan fingerprint density at radius 2 is 1.92 bits per heavy atom. The molecule has 0 aromatic carbocycles. The fourth-order valence-corrected chi connectivity index (χ4v) is 2.22. The van der Waals surface area contributed by atoms with E-state index in [1.54, 1.807) is 0 Å². The molecule has 0 saturated carbocycles. The molecule has 1 radical (unpaired) electrons. The highest BCUT2D eigenvalue weighted by molar-refractivity contribution is 9.12. The van der Waals surface area contributed by atoms with E-state index in [-0.39, 0.29) is 11.7 Å². The Hall–Kier alpha value is 0.110. The van der Waals surface area contributed by atoms with E-state index < -0.39 is 0 Å². The lowest BCUT2D eigenvalue weighted by Gasteiger charge is -2.20. The molecule has 0 aromatic rings. The summed E-state index contributed by atoms with van der Waals surface area (Å²) in [6, 6.07) is 0. The molecule has 0 N–H and O–H groups in total. The second-order valence-corrected chi connectivity index (χ2v) is 4.50. The lowest BCUT2D eigenvalue weighted by Crippen LogP contribution is -2.18. The van der Waals surface area contributed by atoms with Crippen molar-refractivity contribution < 1.29 is 4.79 Å². The number of halogens is 2. The van der Waals surface area contributed by atoms with E-state index in [0.717, 1.165) is 20.1 Å². The minimum atomic E-state index is -0.0844. The minimum Gasteiger partial charge on any atom is -0.294 e. The summed E-state index contributed by atoms with van der Waals surface area (Å²) in [7, 11) is 0. The van der Waals surface area contributed by atoms with Crippen LogP contribution in [0.3, 0.4) is 0 Å². The second kappa shape index (κ2) is 3.46. The summed E-state index contributed by atoms with van der Waals surface area (Å²) in [5, 5.41) is 0. The van der Waals surface area contributed by atoms with E-state index in [4.69, 9.17) is 0 Å². The third-order valence-electron chi connectivity index (χ3n) is 2.03. The maximum Gasteiger partial charge on any atom is 0.167 e. The van der Waals surface area contributed by atoms with E-state index in [1.165, 1.54) is 0 Å². The van der Waals surface area contributed by atoms with Gasteiger partial charge in [-0.15, -0.1) is 0 Å². The Morgan fingerprint density at radius 3 is 2.42 bits per heavy atom. The summed E-state index contributed by atoms with van der Waals surface area (Å²) in [6.45, 7) is 7.56. The standard InChI is InChI=1S/C9H9Br2O/c1-4-7(10)5(2)9(12)6(3)8(4)11/h5H,1H2,2-3H3. The topological polar surface area (TPSA) is 17.1 Å². The van der Waals surface area contributed by atoms with Crippen molar-refractivity contribution >= 4 is 37.6 Å². The molecule has 1 rings (SSSR count). The molecule has 0 aromatic heterocycles. The molecule has 3 heteroatoms. The molecule has 1 aliphatic carbocycles. The maximum atomic E-state index is 11.5. The molecule has 1 atom stereocenters. The summed E-state index contributed by atoms with van der Waals surface area (Å²) in [6.07, 6.45) is 0. The number of hydrogen-bond donors (Lipinski definition) is 0. The quantitative estimate of drug-likeness (QED) is 0.669. The predicted molar refractivity (Wildman–Crippen MR) is 57.1 cm³/mol. The van der Waals surface area contributed by atoms with E-state index in [9.17, 15) is 4.79 Å². The average molecular weight is 293 g/mol. The van der Waals surface area contributed by atoms with Crippen LogP contribution in [0.25, 0.3) is 0 Å². The summed E-state index contributed by atoms with van der Waals surface area (Å²) >= 11 is 6.70. The van der Waals surface area contributed by atoms with Crippen molar-refractivity contribution in [1.29, 1.82) is 0 Å². The minimum absolute atomic E-state index is 0.0844. The predicted octanol–water partition coefficient (Wildman–Crippen LogP) is 3.36. The van der Waals surface area contributed by atoms with Crippen LogP contribution in [0.4, 0.5) is 0 Å². The van der Waals surface area contributed by atoms with Gasteiger partial charge in [0.05, 0.1) is 5.92 Å². The van der Waals surface area contributed by atoms with Crippen LogP contribution in [0.15, 0.2) is 20.1 Å². The van der Waals surface area contributed by atoms with Gasteiger partial charge in [-0.25, -0.2) is 0 Å². The molecule has 1 aliphatic rings.